The summed E-state index contributed by atoms with van der Waals surface area (Å²) >= 11 is -0.169. The highest BCUT2D eigenvalue weighted by Crippen LogP contribution is 2.29. The number of hydrogen-bond acceptors (Lipinski definition) is 3. The van der Waals surface area contributed by atoms with Crippen LogP contribution in [0.25, 0.3) is 0 Å². The fourth-order valence-corrected chi connectivity index (χ4v) is 2.45. The van der Waals surface area contributed by atoms with Crippen LogP contribution in [0.3, 0.4) is 0 Å². The van der Waals surface area contributed by atoms with E-state index in [0.717, 1.165) is 0 Å². The molecular weight excluding hydrogens is 293 g/mol. The third-order valence-electron chi connectivity index (χ3n) is 2.97. The first kappa shape index (κ1) is 17.1. The predicted octanol–water partition coefficient (Wildman–Crippen LogP) is 2.00. The smallest absolute Gasteiger partial charge is 0.355 e. The van der Waals surface area contributed by atoms with Crippen LogP contribution in [0.2, 0.25) is 0 Å². The van der Waals surface area contributed by atoms with Crippen LogP contribution in [0.4, 0.5) is 13.2 Å². The number of amides is 2. The molecule has 8 heteroatoms. The topological polar surface area (TPSA) is 49.4 Å². The van der Waals surface area contributed by atoms with Gasteiger partial charge in [-0.3, -0.25) is 9.59 Å². The van der Waals surface area contributed by atoms with E-state index >= 15 is 0 Å². The summed E-state index contributed by atoms with van der Waals surface area (Å²) in [6.45, 7) is 5.91. The van der Waals surface area contributed by atoms with E-state index in [0.29, 0.717) is 6.54 Å². The van der Waals surface area contributed by atoms with Crippen molar-refractivity contribution in [2.45, 2.75) is 38.2 Å². The summed E-state index contributed by atoms with van der Waals surface area (Å²) in [5.41, 5.74) is -4.63. The highest BCUT2D eigenvalue weighted by atomic mass is 32.2. The maximum atomic E-state index is 11.9. The molecule has 0 spiro atoms. The van der Waals surface area contributed by atoms with Gasteiger partial charge in [0, 0.05) is 30.8 Å². The van der Waals surface area contributed by atoms with Crippen molar-refractivity contribution >= 4 is 23.6 Å². The second-order valence-corrected chi connectivity index (χ2v) is 6.82. The normalized spacial score (nSPS) is 20.4. The molecule has 1 heterocycles. The van der Waals surface area contributed by atoms with Crippen molar-refractivity contribution in [3.63, 3.8) is 0 Å². The number of halogens is 3. The fraction of sp³-hybridized carbons (Fsp3) is 0.833. The number of rotatable bonds is 4. The highest BCUT2D eigenvalue weighted by molar-refractivity contribution is 8.00. The molecule has 116 valence electrons. The molecule has 2 amide bonds. The molecule has 1 N–H and O–H groups in total. The molecule has 0 saturated carbocycles. The summed E-state index contributed by atoms with van der Waals surface area (Å²) in [5.74, 6) is -1.15. The zero-order valence-electron chi connectivity index (χ0n) is 11.7. The summed E-state index contributed by atoms with van der Waals surface area (Å²) in [5, 5.41) is 2.45. The fourth-order valence-electron chi connectivity index (χ4n) is 2.02. The maximum Gasteiger partial charge on any atom is 0.441 e. The Morgan fingerprint density at radius 2 is 2.00 bits per heavy atom. The molecule has 1 atom stereocenters. The van der Waals surface area contributed by atoms with Crippen molar-refractivity contribution in [1.29, 1.82) is 0 Å². The number of hydrogen-bond donors (Lipinski definition) is 1. The molecule has 1 aliphatic heterocycles. The average molecular weight is 312 g/mol. The van der Waals surface area contributed by atoms with E-state index in [9.17, 15) is 22.8 Å². The van der Waals surface area contributed by atoms with Gasteiger partial charge in [0.2, 0.25) is 11.8 Å². The van der Waals surface area contributed by atoms with E-state index in [2.05, 4.69) is 5.32 Å². The summed E-state index contributed by atoms with van der Waals surface area (Å²) in [6.07, 6.45) is 0.121. The minimum absolute atomic E-state index is 0.0524. The Kier molecular flexibility index (Phi) is 5.34. The summed E-state index contributed by atoms with van der Waals surface area (Å²) in [6, 6.07) is 0. The van der Waals surface area contributed by atoms with Crippen molar-refractivity contribution in [3.05, 3.63) is 0 Å². The predicted molar refractivity (Wildman–Crippen MR) is 71.1 cm³/mol. The van der Waals surface area contributed by atoms with Crippen LogP contribution in [0.5, 0.6) is 0 Å². The average Bonchev–Trinajstić information content (AvgIpc) is 2.65. The van der Waals surface area contributed by atoms with E-state index in [1.165, 1.54) is 0 Å². The number of carbonyl (C=O) groups excluding carboxylic acids is 2. The van der Waals surface area contributed by atoms with Crippen LogP contribution >= 0.6 is 11.8 Å². The van der Waals surface area contributed by atoms with Gasteiger partial charge in [0.05, 0.1) is 5.92 Å². The van der Waals surface area contributed by atoms with Crippen LogP contribution < -0.4 is 5.32 Å². The van der Waals surface area contributed by atoms with Gasteiger partial charge in [0.1, 0.15) is 0 Å². The molecule has 1 rings (SSSR count). The molecule has 1 saturated heterocycles. The number of nitrogens with zero attached hydrogens (tertiary/aromatic N) is 1. The Hall–Kier alpha value is -0.920. The molecule has 4 nitrogen and oxygen atoms in total. The molecule has 0 aromatic heterocycles. The van der Waals surface area contributed by atoms with Crippen molar-refractivity contribution in [1.82, 2.24) is 10.2 Å². The lowest BCUT2D eigenvalue weighted by molar-refractivity contribution is -0.132. The Morgan fingerprint density at radius 3 is 2.45 bits per heavy atom. The van der Waals surface area contributed by atoms with Crippen LogP contribution in [-0.2, 0) is 9.59 Å². The zero-order chi connectivity index (χ0) is 15.6. The third kappa shape index (κ3) is 5.22. The molecule has 1 fully saturated rings. The quantitative estimate of drug-likeness (QED) is 0.808. The van der Waals surface area contributed by atoms with E-state index in [-0.39, 0.29) is 47.8 Å². The van der Waals surface area contributed by atoms with E-state index in [1.807, 2.05) is 20.8 Å². The van der Waals surface area contributed by atoms with E-state index < -0.39 is 11.4 Å². The lowest BCUT2D eigenvalue weighted by atomic mass is 10.1. The first-order valence-electron chi connectivity index (χ1n) is 6.29. The van der Waals surface area contributed by atoms with Crippen LogP contribution in [-0.4, -0.2) is 46.6 Å². The van der Waals surface area contributed by atoms with E-state index in [4.69, 9.17) is 0 Å². The molecule has 0 bridgehead atoms. The van der Waals surface area contributed by atoms with Crippen molar-refractivity contribution in [3.8, 4) is 0 Å². The van der Waals surface area contributed by atoms with Gasteiger partial charge in [-0.25, -0.2) is 0 Å². The van der Waals surface area contributed by atoms with Gasteiger partial charge in [0.25, 0.3) is 0 Å². The van der Waals surface area contributed by atoms with E-state index in [1.54, 1.807) is 4.90 Å². The lowest BCUT2D eigenvalue weighted by Crippen LogP contribution is -2.43. The maximum absolute atomic E-state index is 11.9. The van der Waals surface area contributed by atoms with Crippen LogP contribution in [0, 0.1) is 5.92 Å². The van der Waals surface area contributed by atoms with Crippen LogP contribution in [0.15, 0.2) is 0 Å². The first-order valence-corrected chi connectivity index (χ1v) is 7.28. The minimum Gasteiger partial charge on any atom is -0.355 e. The van der Waals surface area contributed by atoms with Gasteiger partial charge in [0.15, 0.2) is 0 Å². The van der Waals surface area contributed by atoms with Gasteiger partial charge < -0.3 is 10.2 Å². The second-order valence-electron chi connectivity index (χ2n) is 5.66. The summed E-state index contributed by atoms with van der Waals surface area (Å²) in [4.78, 5) is 25.2. The Labute approximate surface area is 120 Å². The molecule has 1 aliphatic rings. The highest BCUT2D eigenvalue weighted by Gasteiger charge is 2.39. The Bertz CT molecular complexity index is 380. The standard InChI is InChI=1S/C12H19F3N2O2S/c1-11(2,3)17-7-8(6-9(17)18)10(19)16-4-5-20-12(13,14)15/h8H,4-7H2,1-3H3,(H,16,19). The van der Waals surface area contributed by atoms with Crippen molar-refractivity contribution in [2.24, 2.45) is 5.92 Å². The first-order chi connectivity index (χ1) is 9.00. The van der Waals surface area contributed by atoms with Gasteiger partial charge in [-0.2, -0.15) is 13.2 Å². The van der Waals surface area contributed by atoms with Crippen molar-refractivity contribution < 1.29 is 22.8 Å². The van der Waals surface area contributed by atoms with Gasteiger partial charge in [-0.1, -0.05) is 0 Å². The van der Waals surface area contributed by atoms with Gasteiger partial charge in [-0.15, -0.1) is 0 Å². The molecule has 0 radical (unpaired) electrons. The number of alkyl halides is 3. The molecule has 20 heavy (non-hydrogen) atoms. The molecule has 1 unspecified atom stereocenters. The Morgan fingerprint density at radius 1 is 1.40 bits per heavy atom. The Balaban J connectivity index is 2.37. The monoisotopic (exact) mass is 312 g/mol. The number of carbonyl (C=O) groups is 2. The van der Waals surface area contributed by atoms with Gasteiger partial charge >= 0.3 is 5.51 Å². The molecule has 0 aliphatic carbocycles. The largest absolute Gasteiger partial charge is 0.441 e. The third-order valence-corrected chi connectivity index (χ3v) is 3.71. The molecule has 0 aromatic carbocycles. The van der Waals surface area contributed by atoms with Gasteiger partial charge in [-0.05, 0) is 32.5 Å². The lowest BCUT2D eigenvalue weighted by Gasteiger charge is -2.31. The molecular formula is C12H19F3N2O2S. The number of likely N-dealkylation sites (tertiary alicyclic amines) is 1. The number of nitrogens with one attached hydrogen (secondary N) is 1. The summed E-state index contributed by atoms with van der Waals surface area (Å²) < 4.78 is 35.7. The van der Waals surface area contributed by atoms with Crippen molar-refractivity contribution in [2.75, 3.05) is 18.8 Å². The number of thioether (sulfide) groups is 1. The summed E-state index contributed by atoms with van der Waals surface area (Å²) in [7, 11) is 0. The zero-order valence-corrected chi connectivity index (χ0v) is 12.5. The second kappa shape index (κ2) is 6.24. The SMILES string of the molecule is CC(C)(C)N1CC(C(=O)NCCSC(F)(F)F)CC1=O. The molecule has 0 aromatic rings. The minimum atomic E-state index is -4.28. The van der Waals surface area contributed by atoms with Crippen LogP contribution in [0.1, 0.15) is 27.2 Å².